The molecule has 3 rings (SSSR count). The van der Waals surface area contributed by atoms with Gasteiger partial charge in [-0.2, -0.15) is 0 Å². The summed E-state index contributed by atoms with van der Waals surface area (Å²) in [6.07, 6.45) is 0.253. The van der Waals surface area contributed by atoms with Crippen molar-refractivity contribution in [3.05, 3.63) is 48.5 Å². The summed E-state index contributed by atoms with van der Waals surface area (Å²) in [4.78, 5) is 16.8. The van der Waals surface area contributed by atoms with Crippen LogP contribution in [0.15, 0.2) is 48.5 Å². The molecule has 0 aromatic heterocycles. The van der Waals surface area contributed by atoms with Crippen LogP contribution in [0.5, 0.6) is 11.5 Å². The normalized spacial score (nSPS) is 14.3. The van der Waals surface area contributed by atoms with Gasteiger partial charge in [0.05, 0.1) is 17.9 Å². The van der Waals surface area contributed by atoms with Crippen molar-refractivity contribution in [2.75, 3.05) is 36.4 Å². The summed E-state index contributed by atoms with van der Waals surface area (Å²) in [6, 6.07) is 15.5. The van der Waals surface area contributed by atoms with Crippen molar-refractivity contribution in [3.8, 4) is 11.5 Å². The van der Waals surface area contributed by atoms with Gasteiger partial charge in [-0.3, -0.25) is 0 Å². The molecule has 1 heterocycles. The number of piperazine rings is 1. The van der Waals surface area contributed by atoms with Crippen molar-refractivity contribution < 1.29 is 14.3 Å². The summed E-state index contributed by atoms with van der Waals surface area (Å²) in [5.74, 6) is 1.69. The molecule has 0 spiro atoms. The monoisotopic (exact) mass is 397 g/mol. The number of nitrogens with one attached hydrogen (secondary N) is 1. The first-order chi connectivity index (χ1) is 13.9. The Kier molecular flexibility index (Phi) is 6.86. The van der Waals surface area contributed by atoms with Gasteiger partial charge in [-0.25, -0.2) is 4.79 Å². The number of carbonyl (C=O) groups excluding carboxylic acids is 1. The minimum Gasteiger partial charge on any atom is -0.491 e. The predicted octanol–water partition coefficient (Wildman–Crippen LogP) is 4.62. The molecule has 29 heavy (non-hydrogen) atoms. The zero-order chi connectivity index (χ0) is 20.8. The molecule has 0 unspecified atom stereocenters. The van der Waals surface area contributed by atoms with Crippen LogP contribution < -0.4 is 19.7 Å². The van der Waals surface area contributed by atoms with Crippen LogP contribution in [0.2, 0.25) is 0 Å². The zero-order valence-corrected chi connectivity index (χ0v) is 17.7. The zero-order valence-electron chi connectivity index (χ0n) is 17.7. The molecule has 6 nitrogen and oxygen atoms in total. The summed E-state index contributed by atoms with van der Waals surface area (Å²) in [7, 11) is 0. The molecule has 0 atom stereocenters. The molecule has 1 saturated heterocycles. The number of hydrogen-bond donors (Lipinski definition) is 1. The van der Waals surface area contributed by atoms with Gasteiger partial charge >= 0.3 is 6.03 Å². The van der Waals surface area contributed by atoms with Gasteiger partial charge in [-0.1, -0.05) is 12.1 Å². The number of rotatable bonds is 6. The lowest BCUT2D eigenvalue weighted by Crippen LogP contribution is -2.50. The first-order valence-corrected chi connectivity index (χ1v) is 10.3. The highest BCUT2D eigenvalue weighted by Crippen LogP contribution is 2.29. The van der Waals surface area contributed by atoms with Crippen molar-refractivity contribution in [1.82, 2.24) is 4.90 Å². The van der Waals surface area contributed by atoms with Crippen LogP contribution >= 0.6 is 0 Å². The maximum absolute atomic E-state index is 12.6. The Morgan fingerprint density at radius 1 is 0.862 bits per heavy atom. The Hall–Kier alpha value is -2.89. The first kappa shape index (κ1) is 20.8. The highest BCUT2D eigenvalue weighted by atomic mass is 16.5. The van der Waals surface area contributed by atoms with E-state index in [-0.39, 0.29) is 18.2 Å². The lowest BCUT2D eigenvalue weighted by molar-refractivity contribution is 0.207. The second kappa shape index (κ2) is 9.54. The van der Waals surface area contributed by atoms with Gasteiger partial charge in [0.25, 0.3) is 0 Å². The lowest BCUT2D eigenvalue weighted by Gasteiger charge is -2.36. The smallest absolute Gasteiger partial charge is 0.321 e. The first-order valence-electron chi connectivity index (χ1n) is 10.3. The van der Waals surface area contributed by atoms with Crippen molar-refractivity contribution in [2.45, 2.75) is 39.9 Å². The van der Waals surface area contributed by atoms with Gasteiger partial charge in [0.15, 0.2) is 0 Å². The molecule has 2 aromatic rings. The van der Waals surface area contributed by atoms with E-state index in [0.717, 1.165) is 36.0 Å². The second-order valence-electron chi connectivity index (χ2n) is 7.73. The third-order valence-electron chi connectivity index (χ3n) is 4.61. The molecule has 1 aliphatic rings. The SMILES string of the molecule is CC(C)Oc1ccc(NC(=O)N2CCN(c3ccccc3OC(C)C)CC2)cc1. The van der Waals surface area contributed by atoms with E-state index < -0.39 is 0 Å². The van der Waals surface area contributed by atoms with E-state index in [2.05, 4.69) is 16.3 Å². The van der Waals surface area contributed by atoms with E-state index in [1.54, 1.807) is 0 Å². The number of urea groups is 1. The van der Waals surface area contributed by atoms with Gasteiger partial charge in [0.2, 0.25) is 0 Å². The van der Waals surface area contributed by atoms with Crippen LogP contribution in [0.4, 0.5) is 16.2 Å². The minimum absolute atomic E-state index is 0.0751. The summed E-state index contributed by atoms with van der Waals surface area (Å²) in [6.45, 7) is 10.9. The van der Waals surface area contributed by atoms with Gasteiger partial charge < -0.3 is 24.6 Å². The predicted molar refractivity (Wildman–Crippen MR) is 117 cm³/mol. The van der Waals surface area contributed by atoms with Crippen molar-refractivity contribution in [3.63, 3.8) is 0 Å². The number of nitrogens with zero attached hydrogens (tertiary/aromatic N) is 2. The standard InChI is InChI=1S/C23H31N3O3/c1-17(2)28-20-11-9-19(10-12-20)24-23(27)26-15-13-25(14-16-26)21-7-5-6-8-22(21)29-18(3)4/h5-12,17-18H,13-16H2,1-4H3,(H,24,27). The number of benzene rings is 2. The third-order valence-corrected chi connectivity index (χ3v) is 4.61. The molecule has 1 fully saturated rings. The quantitative estimate of drug-likeness (QED) is 0.773. The van der Waals surface area contributed by atoms with Crippen molar-refractivity contribution in [1.29, 1.82) is 0 Å². The summed E-state index contributed by atoms with van der Waals surface area (Å²) >= 11 is 0. The topological polar surface area (TPSA) is 54.0 Å². The number of anilines is 2. The van der Waals surface area contributed by atoms with Crippen molar-refractivity contribution in [2.24, 2.45) is 0 Å². The van der Waals surface area contributed by atoms with Crippen molar-refractivity contribution >= 4 is 17.4 Å². The van der Waals surface area contributed by atoms with Crippen LogP contribution in [0.25, 0.3) is 0 Å². The average Bonchev–Trinajstić information content (AvgIpc) is 2.69. The second-order valence-corrected chi connectivity index (χ2v) is 7.73. The maximum Gasteiger partial charge on any atom is 0.321 e. The van der Waals surface area contributed by atoms with E-state index in [9.17, 15) is 4.79 Å². The van der Waals surface area contributed by atoms with E-state index in [1.807, 2.05) is 75.1 Å². The highest BCUT2D eigenvalue weighted by Gasteiger charge is 2.23. The number of amides is 2. The molecule has 2 aromatic carbocycles. The van der Waals surface area contributed by atoms with Gasteiger partial charge in [-0.15, -0.1) is 0 Å². The molecule has 1 aliphatic heterocycles. The highest BCUT2D eigenvalue weighted by molar-refractivity contribution is 5.89. The lowest BCUT2D eigenvalue weighted by atomic mass is 10.2. The molecule has 1 N–H and O–H groups in total. The molecular formula is C23H31N3O3. The fourth-order valence-electron chi connectivity index (χ4n) is 3.31. The Morgan fingerprint density at radius 3 is 2.10 bits per heavy atom. The van der Waals surface area contributed by atoms with Crippen LogP contribution in [-0.4, -0.2) is 49.3 Å². The van der Waals surface area contributed by atoms with Crippen LogP contribution in [0.1, 0.15) is 27.7 Å². The van der Waals surface area contributed by atoms with E-state index in [1.165, 1.54) is 0 Å². The minimum atomic E-state index is -0.0751. The average molecular weight is 398 g/mol. The molecule has 0 bridgehead atoms. The van der Waals surface area contributed by atoms with E-state index >= 15 is 0 Å². The molecule has 2 amide bonds. The van der Waals surface area contributed by atoms with Crippen LogP contribution in [0, 0.1) is 0 Å². The fraction of sp³-hybridized carbons (Fsp3) is 0.435. The number of hydrogen-bond acceptors (Lipinski definition) is 4. The Labute approximate surface area is 173 Å². The molecule has 0 saturated carbocycles. The summed E-state index contributed by atoms with van der Waals surface area (Å²) in [5, 5.41) is 2.97. The molecule has 156 valence electrons. The van der Waals surface area contributed by atoms with Gasteiger partial charge in [0.1, 0.15) is 11.5 Å². The summed E-state index contributed by atoms with van der Waals surface area (Å²) < 4.78 is 11.6. The Balaban J connectivity index is 1.55. The van der Waals surface area contributed by atoms with Gasteiger partial charge in [-0.05, 0) is 64.1 Å². The molecule has 0 radical (unpaired) electrons. The third kappa shape index (κ3) is 5.79. The van der Waals surface area contributed by atoms with Gasteiger partial charge in [0, 0.05) is 31.9 Å². The molecular weight excluding hydrogens is 366 g/mol. The number of ether oxygens (including phenoxy) is 2. The van der Waals surface area contributed by atoms with E-state index in [0.29, 0.717) is 13.1 Å². The number of para-hydroxylation sites is 2. The largest absolute Gasteiger partial charge is 0.491 e. The maximum atomic E-state index is 12.6. The van der Waals surface area contributed by atoms with Crippen LogP contribution in [0.3, 0.4) is 0 Å². The molecule has 0 aliphatic carbocycles. The summed E-state index contributed by atoms with van der Waals surface area (Å²) in [5.41, 5.74) is 1.85. The Bertz CT molecular complexity index is 797. The fourth-order valence-corrected chi connectivity index (χ4v) is 3.31. The number of carbonyl (C=O) groups is 1. The Morgan fingerprint density at radius 2 is 1.48 bits per heavy atom. The van der Waals surface area contributed by atoms with E-state index in [4.69, 9.17) is 9.47 Å². The molecule has 6 heteroatoms. The van der Waals surface area contributed by atoms with Crippen LogP contribution in [-0.2, 0) is 0 Å².